The molecule has 25 heavy (non-hydrogen) atoms. The maximum Gasteiger partial charge on any atom is 0.142 e. The van der Waals surface area contributed by atoms with Gasteiger partial charge in [-0.05, 0) is 25.1 Å². The molecule has 0 saturated carbocycles. The summed E-state index contributed by atoms with van der Waals surface area (Å²) < 4.78 is 22.8. The van der Waals surface area contributed by atoms with Gasteiger partial charge in [-0.3, -0.25) is 4.98 Å². The molecule has 1 aromatic carbocycles. The summed E-state index contributed by atoms with van der Waals surface area (Å²) in [6.07, 6.45) is 4.18. The highest BCUT2D eigenvalue weighted by molar-refractivity contribution is 7.91. The molecule has 0 spiro atoms. The Kier molecular flexibility index (Phi) is 5.78. The number of aromatic amines is 1. The zero-order valence-electron chi connectivity index (χ0n) is 14.3. The molecule has 0 saturated heterocycles. The monoisotopic (exact) mass is 359 g/mol. The van der Waals surface area contributed by atoms with E-state index in [2.05, 4.69) is 15.0 Å². The highest BCUT2D eigenvalue weighted by Crippen LogP contribution is 2.33. The van der Waals surface area contributed by atoms with Crippen LogP contribution in [0.1, 0.15) is 13.3 Å². The van der Waals surface area contributed by atoms with Gasteiger partial charge in [-0.25, -0.2) is 4.98 Å². The van der Waals surface area contributed by atoms with Crippen LogP contribution in [0, 0.1) is 0 Å². The van der Waals surface area contributed by atoms with Crippen molar-refractivity contribution in [2.45, 2.75) is 13.3 Å². The lowest BCUT2D eigenvalue weighted by atomic mass is 10.2. The SMILES string of the molecule is CC[S+]([O-])CCCOc1cc(OC)ccc1-c1nc2cnccc2[nH]1. The molecular formula is C18H21N3O3S. The minimum absolute atomic E-state index is 0.494. The van der Waals surface area contributed by atoms with Crippen molar-refractivity contribution in [3.05, 3.63) is 36.7 Å². The van der Waals surface area contributed by atoms with Gasteiger partial charge in [0.05, 0.1) is 31.0 Å². The Morgan fingerprint density at radius 2 is 2.16 bits per heavy atom. The van der Waals surface area contributed by atoms with Crippen LogP contribution in [0.2, 0.25) is 0 Å². The molecule has 0 aliphatic carbocycles. The molecule has 0 amide bonds. The van der Waals surface area contributed by atoms with Crippen molar-refractivity contribution < 1.29 is 14.0 Å². The highest BCUT2D eigenvalue weighted by atomic mass is 32.2. The number of methoxy groups -OCH3 is 1. The summed E-state index contributed by atoms with van der Waals surface area (Å²) >= 11 is -0.773. The summed E-state index contributed by atoms with van der Waals surface area (Å²) in [6.45, 7) is 2.42. The zero-order chi connectivity index (χ0) is 17.6. The van der Waals surface area contributed by atoms with Crippen LogP contribution in [-0.4, -0.2) is 44.7 Å². The second-order valence-electron chi connectivity index (χ2n) is 5.47. The maximum absolute atomic E-state index is 11.5. The van der Waals surface area contributed by atoms with Gasteiger partial charge in [0.1, 0.15) is 34.3 Å². The fraction of sp³-hybridized carbons (Fsp3) is 0.333. The van der Waals surface area contributed by atoms with Crippen LogP contribution in [0.15, 0.2) is 36.7 Å². The number of hydrogen-bond acceptors (Lipinski definition) is 5. The van der Waals surface area contributed by atoms with Crippen molar-refractivity contribution >= 4 is 22.2 Å². The molecule has 0 aliphatic rings. The minimum atomic E-state index is -0.773. The van der Waals surface area contributed by atoms with Crippen molar-refractivity contribution in [2.75, 3.05) is 25.2 Å². The molecule has 6 nitrogen and oxygen atoms in total. The highest BCUT2D eigenvalue weighted by Gasteiger charge is 2.13. The Morgan fingerprint density at radius 1 is 1.28 bits per heavy atom. The number of aromatic nitrogens is 3. The van der Waals surface area contributed by atoms with E-state index >= 15 is 0 Å². The lowest BCUT2D eigenvalue weighted by Gasteiger charge is -2.13. The largest absolute Gasteiger partial charge is 0.616 e. The van der Waals surface area contributed by atoms with E-state index < -0.39 is 11.2 Å². The van der Waals surface area contributed by atoms with E-state index in [9.17, 15) is 4.55 Å². The molecule has 0 fully saturated rings. The molecule has 0 bridgehead atoms. The maximum atomic E-state index is 11.5. The predicted molar refractivity (Wildman–Crippen MR) is 99.5 cm³/mol. The molecule has 1 atom stereocenters. The van der Waals surface area contributed by atoms with Gasteiger partial charge >= 0.3 is 0 Å². The number of rotatable bonds is 8. The number of nitrogens with zero attached hydrogens (tertiary/aromatic N) is 2. The van der Waals surface area contributed by atoms with Crippen molar-refractivity contribution in [3.8, 4) is 22.9 Å². The first-order valence-electron chi connectivity index (χ1n) is 8.17. The number of benzene rings is 1. The van der Waals surface area contributed by atoms with E-state index in [4.69, 9.17) is 9.47 Å². The molecule has 132 valence electrons. The third-order valence-corrected chi connectivity index (χ3v) is 5.21. The van der Waals surface area contributed by atoms with Crippen LogP contribution >= 0.6 is 0 Å². The van der Waals surface area contributed by atoms with E-state index in [1.165, 1.54) is 0 Å². The molecular weight excluding hydrogens is 338 g/mol. The minimum Gasteiger partial charge on any atom is -0.616 e. The van der Waals surface area contributed by atoms with Gasteiger partial charge < -0.3 is 19.0 Å². The first-order valence-corrected chi connectivity index (χ1v) is 9.66. The molecule has 2 heterocycles. The van der Waals surface area contributed by atoms with Crippen LogP contribution < -0.4 is 9.47 Å². The van der Waals surface area contributed by atoms with Crippen LogP contribution in [-0.2, 0) is 11.2 Å². The third-order valence-electron chi connectivity index (χ3n) is 3.83. The zero-order valence-corrected chi connectivity index (χ0v) is 15.1. The van der Waals surface area contributed by atoms with Crippen LogP contribution in [0.25, 0.3) is 22.4 Å². The van der Waals surface area contributed by atoms with Crippen LogP contribution in [0.4, 0.5) is 0 Å². The molecule has 0 radical (unpaired) electrons. The van der Waals surface area contributed by atoms with Crippen molar-refractivity contribution in [1.29, 1.82) is 0 Å². The number of ether oxygens (including phenoxy) is 2. The van der Waals surface area contributed by atoms with Crippen molar-refractivity contribution in [1.82, 2.24) is 15.0 Å². The van der Waals surface area contributed by atoms with Gasteiger partial charge in [0.2, 0.25) is 0 Å². The fourth-order valence-electron chi connectivity index (χ4n) is 2.48. The lowest BCUT2D eigenvalue weighted by Crippen LogP contribution is -2.12. The average molecular weight is 359 g/mol. The first kappa shape index (κ1) is 17.6. The third kappa shape index (κ3) is 4.24. The van der Waals surface area contributed by atoms with Crippen molar-refractivity contribution in [2.24, 2.45) is 0 Å². The Balaban J connectivity index is 1.82. The Hall–Kier alpha value is -2.25. The summed E-state index contributed by atoms with van der Waals surface area (Å²) in [5.74, 6) is 3.45. The fourth-order valence-corrected chi connectivity index (χ4v) is 3.20. The summed E-state index contributed by atoms with van der Waals surface area (Å²) in [4.78, 5) is 12.0. The van der Waals surface area contributed by atoms with Gasteiger partial charge in [-0.1, -0.05) is 11.2 Å². The van der Waals surface area contributed by atoms with E-state index in [0.29, 0.717) is 29.6 Å². The predicted octanol–water partition coefficient (Wildman–Crippen LogP) is 3.17. The number of pyridine rings is 1. The normalized spacial score (nSPS) is 12.3. The first-order chi connectivity index (χ1) is 12.2. The summed E-state index contributed by atoms with van der Waals surface area (Å²) in [6, 6.07) is 7.52. The molecule has 0 aliphatic heterocycles. The number of imidazole rings is 1. The lowest BCUT2D eigenvalue weighted by molar-refractivity contribution is 0.316. The van der Waals surface area contributed by atoms with E-state index in [-0.39, 0.29) is 0 Å². The number of nitrogens with one attached hydrogen (secondary N) is 1. The van der Waals surface area contributed by atoms with Crippen molar-refractivity contribution in [3.63, 3.8) is 0 Å². The quantitative estimate of drug-likeness (QED) is 0.493. The second-order valence-corrected chi connectivity index (χ2v) is 7.34. The number of H-pyrrole nitrogens is 1. The number of hydrogen-bond donors (Lipinski definition) is 1. The van der Waals surface area contributed by atoms with E-state index in [1.54, 1.807) is 19.5 Å². The van der Waals surface area contributed by atoms with Gasteiger partial charge in [0.15, 0.2) is 0 Å². The van der Waals surface area contributed by atoms with Crippen LogP contribution in [0.3, 0.4) is 0 Å². The Morgan fingerprint density at radius 3 is 2.92 bits per heavy atom. The summed E-state index contributed by atoms with van der Waals surface area (Å²) in [5, 5.41) is 0. The smallest absolute Gasteiger partial charge is 0.142 e. The van der Waals surface area contributed by atoms with Gasteiger partial charge in [-0.2, -0.15) is 0 Å². The second kappa shape index (κ2) is 8.22. The standard InChI is InChI=1S/C18H21N3O3S/c1-3-25(22)10-4-9-24-17-11-13(23-2)5-6-14(17)18-20-15-7-8-19-12-16(15)21-18/h5-8,11-12H,3-4,9-10H2,1-2H3,(H,20,21). The molecule has 2 aromatic heterocycles. The molecule has 3 aromatic rings. The Labute approximate surface area is 149 Å². The Bertz CT molecular complexity index is 804. The van der Waals surface area contributed by atoms with Gasteiger partial charge in [-0.15, -0.1) is 0 Å². The van der Waals surface area contributed by atoms with Gasteiger partial charge in [0, 0.05) is 18.7 Å². The van der Waals surface area contributed by atoms with Crippen LogP contribution in [0.5, 0.6) is 11.5 Å². The summed E-state index contributed by atoms with van der Waals surface area (Å²) in [7, 11) is 1.62. The number of fused-ring (bicyclic) bond motifs is 1. The van der Waals surface area contributed by atoms with E-state index in [1.807, 2.05) is 31.2 Å². The summed E-state index contributed by atoms with van der Waals surface area (Å²) in [5.41, 5.74) is 2.58. The topological polar surface area (TPSA) is 83.1 Å². The molecule has 3 rings (SSSR count). The van der Waals surface area contributed by atoms with E-state index in [0.717, 1.165) is 28.8 Å². The average Bonchev–Trinajstić information content (AvgIpc) is 3.08. The molecule has 1 N–H and O–H groups in total. The molecule has 1 unspecified atom stereocenters. The van der Waals surface area contributed by atoms with Gasteiger partial charge in [0.25, 0.3) is 0 Å². The molecule has 7 heteroatoms.